The predicted molar refractivity (Wildman–Crippen MR) is 372 cm³/mol. The van der Waals surface area contributed by atoms with Gasteiger partial charge in [0, 0.05) is 25.7 Å². The lowest BCUT2D eigenvalue weighted by atomic mass is 10.0. The maximum absolute atomic E-state index is 13.1. The summed E-state index contributed by atoms with van der Waals surface area (Å²) in [6, 6.07) is 0. The van der Waals surface area contributed by atoms with Crippen LogP contribution in [0.1, 0.15) is 375 Å². The van der Waals surface area contributed by atoms with E-state index in [-0.39, 0.29) is 25.7 Å². The Hall–Kier alpha value is -1.94. The van der Waals surface area contributed by atoms with Gasteiger partial charge in [-0.05, 0) is 37.5 Å². The van der Waals surface area contributed by atoms with Crippen molar-refractivity contribution in [2.45, 2.75) is 394 Å². The third-order valence-electron chi connectivity index (χ3n) is 17.0. The van der Waals surface area contributed by atoms with E-state index in [4.69, 9.17) is 37.0 Å². The molecule has 0 radical (unpaired) electrons. The lowest BCUT2D eigenvalue weighted by Crippen LogP contribution is -2.30. The fourth-order valence-corrected chi connectivity index (χ4v) is 12.7. The molecule has 0 amide bonds. The zero-order valence-corrected chi connectivity index (χ0v) is 61.6. The Morgan fingerprint density at radius 1 is 0.293 bits per heavy atom. The first-order chi connectivity index (χ1) is 44.4. The number of esters is 4. The topological polar surface area (TPSA) is 237 Å². The molecule has 0 bridgehead atoms. The van der Waals surface area contributed by atoms with E-state index in [1.807, 2.05) is 0 Å². The van der Waals surface area contributed by atoms with Crippen LogP contribution in [0.25, 0.3) is 0 Å². The van der Waals surface area contributed by atoms with Crippen LogP contribution in [0.2, 0.25) is 0 Å². The predicted octanol–water partition coefficient (Wildman–Crippen LogP) is 21.2. The van der Waals surface area contributed by atoms with Crippen LogP contribution in [-0.4, -0.2) is 96.7 Å². The van der Waals surface area contributed by atoms with Crippen molar-refractivity contribution in [1.29, 1.82) is 0 Å². The highest BCUT2D eigenvalue weighted by molar-refractivity contribution is 7.47. The Morgan fingerprint density at radius 3 is 0.739 bits per heavy atom. The third-order valence-corrected chi connectivity index (χ3v) is 18.9. The van der Waals surface area contributed by atoms with Gasteiger partial charge >= 0.3 is 39.5 Å². The maximum atomic E-state index is 13.1. The molecule has 0 rings (SSSR count). The van der Waals surface area contributed by atoms with Crippen LogP contribution in [0.5, 0.6) is 0 Å². The van der Waals surface area contributed by atoms with E-state index in [0.717, 1.165) is 96.3 Å². The summed E-state index contributed by atoms with van der Waals surface area (Å²) >= 11 is 0. The number of rotatable bonds is 72. The van der Waals surface area contributed by atoms with Crippen molar-refractivity contribution in [2.75, 3.05) is 39.6 Å². The molecule has 0 fully saturated rings. The van der Waals surface area contributed by atoms with Gasteiger partial charge in [0.05, 0.1) is 26.4 Å². The molecule has 0 aromatic carbocycles. The molecule has 19 heteroatoms. The van der Waals surface area contributed by atoms with E-state index in [9.17, 15) is 43.2 Å². The highest BCUT2D eigenvalue weighted by Gasteiger charge is 2.30. The number of phosphoric acid groups is 2. The minimum Gasteiger partial charge on any atom is -0.462 e. The Balaban J connectivity index is 5.18. The van der Waals surface area contributed by atoms with Crippen molar-refractivity contribution >= 4 is 39.5 Å². The zero-order chi connectivity index (χ0) is 67.9. The third kappa shape index (κ3) is 66.7. The van der Waals surface area contributed by atoms with Crippen LogP contribution in [0.3, 0.4) is 0 Å². The van der Waals surface area contributed by atoms with Crippen molar-refractivity contribution < 1.29 is 80.2 Å². The van der Waals surface area contributed by atoms with E-state index in [0.29, 0.717) is 37.5 Å². The van der Waals surface area contributed by atoms with Gasteiger partial charge in [-0.1, -0.05) is 324 Å². The van der Waals surface area contributed by atoms with Crippen LogP contribution in [-0.2, 0) is 65.4 Å². The SMILES string of the molecule is CCCCCCCCCCCCCCCCCCCCCCC(=O)O[C@H](COC(=O)CCCCCCCCCCCCCCCC)COP(=O)(O)OC[C@@H](O)COP(=O)(O)OC[C@@H](COC(=O)CCCCCCCCC(C)C)OC(=O)CCCCCCCCC(C)C. The summed E-state index contributed by atoms with van der Waals surface area (Å²) in [7, 11) is -9.90. The molecule has 0 heterocycles. The molecule has 0 aliphatic carbocycles. The quantitative estimate of drug-likeness (QED) is 0.0222. The van der Waals surface area contributed by atoms with Crippen molar-refractivity contribution in [2.24, 2.45) is 11.8 Å². The molecule has 0 aliphatic heterocycles. The van der Waals surface area contributed by atoms with Crippen LogP contribution in [0.4, 0.5) is 0 Å². The number of unbranched alkanes of at least 4 members (excludes halogenated alkanes) is 42. The molecule has 5 atom stereocenters. The monoisotopic (exact) mass is 1350 g/mol. The fourth-order valence-electron chi connectivity index (χ4n) is 11.1. The first kappa shape index (κ1) is 90.1. The van der Waals surface area contributed by atoms with Crippen molar-refractivity contribution in [3.8, 4) is 0 Å². The smallest absolute Gasteiger partial charge is 0.462 e. The maximum Gasteiger partial charge on any atom is 0.472 e. The number of carbonyl (C=O) groups is 4. The van der Waals surface area contributed by atoms with Crippen molar-refractivity contribution in [3.05, 3.63) is 0 Å². The van der Waals surface area contributed by atoms with Gasteiger partial charge in [-0.2, -0.15) is 0 Å². The molecule has 92 heavy (non-hydrogen) atoms. The van der Waals surface area contributed by atoms with Gasteiger partial charge < -0.3 is 33.8 Å². The number of hydrogen-bond donors (Lipinski definition) is 3. The molecular formula is C73H142O17P2. The summed E-state index contributed by atoms with van der Waals surface area (Å²) in [6.07, 6.45) is 51.8. The molecule has 0 saturated heterocycles. The normalized spacial score (nSPS) is 14.1. The number of aliphatic hydroxyl groups is 1. The fraction of sp³-hybridized carbons (Fsp3) is 0.945. The summed E-state index contributed by atoms with van der Waals surface area (Å²) < 4.78 is 68.3. The summed E-state index contributed by atoms with van der Waals surface area (Å²) in [4.78, 5) is 72.5. The minimum atomic E-state index is -4.95. The van der Waals surface area contributed by atoms with Gasteiger partial charge in [-0.3, -0.25) is 37.3 Å². The molecule has 0 spiro atoms. The Kier molecular flexibility index (Phi) is 63.7. The summed E-state index contributed by atoms with van der Waals surface area (Å²) in [5, 5.41) is 10.6. The molecule has 0 aromatic heterocycles. The van der Waals surface area contributed by atoms with Gasteiger partial charge in [0.2, 0.25) is 0 Å². The Bertz CT molecular complexity index is 1790. The van der Waals surface area contributed by atoms with Crippen LogP contribution in [0, 0.1) is 11.8 Å². The molecule has 17 nitrogen and oxygen atoms in total. The lowest BCUT2D eigenvalue weighted by Gasteiger charge is -2.21. The second kappa shape index (κ2) is 65.0. The molecule has 0 aromatic rings. The molecule has 0 saturated carbocycles. The standard InChI is InChI=1S/C73H142O17P2/c1-7-9-11-13-15-17-19-21-23-24-25-26-27-28-30-32-34-36-45-51-57-72(77)89-68(61-83-70(75)55-49-43-35-33-31-29-22-20-18-16-14-12-10-8-2)63-87-91(79,80)85-59-67(74)60-86-92(81,82)88-64-69(90-73(78)58-52-46-40-38-42-48-54-66(5)6)62-84-71(76)56-50-44-39-37-41-47-53-65(3)4/h65-69,74H,7-64H2,1-6H3,(H,79,80)(H,81,82)/t67-,68-,69-/m1/s1. The number of hydrogen-bond acceptors (Lipinski definition) is 15. The summed E-state index contributed by atoms with van der Waals surface area (Å²) in [5.74, 6) is -0.778. The highest BCUT2D eigenvalue weighted by Crippen LogP contribution is 2.45. The Labute approximate surface area is 562 Å². The molecular weight excluding hydrogens is 1210 g/mol. The average Bonchev–Trinajstić information content (AvgIpc) is 2.37. The van der Waals surface area contributed by atoms with E-state index in [1.165, 1.54) is 186 Å². The highest BCUT2D eigenvalue weighted by atomic mass is 31.2. The summed E-state index contributed by atoms with van der Waals surface area (Å²) in [5.41, 5.74) is 0. The van der Waals surface area contributed by atoms with Gasteiger partial charge in [0.15, 0.2) is 12.2 Å². The number of carbonyl (C=O) groups excluding carboxylic acids is 4. The van der Waals surface area contributed by atoms with Crippen molar-refractivity contribution in [1.82, 2.24) is 0 Å². The summed E-state index contributed by atoms with van der Waals surface area (Å²) in [6.45, 7) is 9.39. The minimum absolute atomic E-state index is 0.101. The molecule has 3 N–H and O–H groups in total. The second-order valence-electron chi connectivity index (χ2n) is 27.3. The van der Waals surface area contributed by atoms with E-state index in [1.54, 1.807) is 0 Å². The number of aliphatic hydroxyl groups excluding tert-OH is 1. The van der Waals surface area contributed by atoms with E-state index < -0.39 is 97.5 Å². The van der Waals surface area contributed by atoms with Gasteiger partial charge in [-0.15, -0.1) is 0 Å². The Morgan fingerprint density at radius 2 is 0.500 bits per heavy atom. The number of phosphoric ester groups is 2. The lowest BCUT2D eigenvalue weighted by molar-refractivity contribution is -0.161. The molecule has 2 unspecified atom stereocenters. The first-order valence-corrected chi connectivity index (χ1v) is 41.0. The average molecular weight is 1350 g/mol. The van der Waals surface area contributed by atoms with E-state index >= 15 is 0 Å². The van der Waals surface area contributed by atoms with Crippen molar-refractivity contribution in [3.63, 3.8) is 0 Å². The second-order valence-corrected chi connectivity index (χ2v) is 30.2. The largest absolute Gasteiger partial charge is 0.472 e. The van der Waals surface area contributed by atoms with Crippen LogP contribution < -0.4 is 0 Å². The number of ether oxygens (including phenoxy) is 4. The van der Waals surface area contributed by atoms with Crippen LogP contribution >= 0.6 is 15.6 Å². The molecule has 546 valence electrons. The van der Waals surface area contributed by atoms with Crippen LogP contribution in [0.15, 0.2) is 0 Å². The first-order valence-electron chi connectivity index (χ1n) is 38.0. The van der Waals surface area contributed by atoms with E-state index in [2.05, 4.69) is 41.5 Å². The molecule has 0 aliphatic rings. The van der Waals surface area contributed by atoms with Gasteiger partial charge in [0.1, 0.15) is 19.3 Å². The zero-order valence-electron chi connectivity index (χ0n) is 59.9. The van der Waals surface area contributed by atoms with Gasteiger partial charge in [-0.25, -0.2) is 9.13 Å². The van der Waals surface area contributed by atoms with Gasteiger partial charge in [0.25, 0.3) is 0 Å².